The van der Waals surface area contributed by atoms with Crippen molar-refractivity contribution in [3.63, 3.8) is 0 Å². The quantitative estimate of drug-likeness (QED) is 0.624. The lowest BCUT2D eigenvalue weighted by atomic mass is 9.73. The number of hydrogen-bond donors (Lipinski definition) is 2. The first-order chi connectivity index (χ1) is 10.1. The van der Waals surface area contributed by atoms with Crippen LogP contribution in [-0.4, -0.2) is 17.2 Å². The van der Waals surface area contributed by atoms with Gasteiger partial charge in [0.25, 0.3) is 0 Å². The fraction of sp³-hybridized carbons (Fsp3) is 0.647. The first kappa shape index (κ1) is 16.5. The summed E-state index contributed by atoms with van der Waals surface area (Å²) in [7, 11) is -1.72. The molecule has 1 aliphatic rings. The van der Waals surface area contributed by atoms with Crippen LogP contribution in [0, 0.1) is 5.82 Å². The lowest BCUT2D eigenvalue weighted by Crippen LogP contribution is -2.34. The van der Waals surface area contributed by atoms with E-state index in [1.54, 1.807) is 0 Å². The van der Waals surface area contributed by atoms with Gasteiger partial charge in [-0.15, -0.1) is 0 Å². The number of halogens is 1. The maximum atomic E-state index is 14.8. The van der Waals surface area contributed by atoms with Crippen LogP contribution in [0.3, 0.4) is 0 Å². The fourth-order valence-corrected chi connectivity index (χ4v) is 3.47. The highest BCUT2D eigenvalue weighted by Gasteiger charge is 2.26. The van der Waals surface area contributed by atoms with Crippen LogP contribution in [0.1, 0.15) is 75.3 Å². The lowest BCUT2D eigenvalue weighted by Gasteiger charge is -2.26. The van der Waals surface area contributed by atoms with Crippen molar-refractivity contribution in [3.8, 4) is 0 Å². The van der Waals surface area contributed by atoms with Gasteiger partial charge < -0.3 is 10.0 Å². The molecule has 1 saturated carbocycles. The zero-order chi connectivity index (χ0) is 15.2. The Labute approximate surface area is 127 Å². The van der Waals surface area contributed by atoms with Gasteiger partial charge in [-0.2, -0.15) is 0 Å². The fourth-order valence-electron chi connectivity index (χ4n) is 3.47. The minimum absolute atomic E-state index is 0.0230. The first-order valence-corrected chi connectivity index (χ1v) is 8.32. The second kappa shape index (κ2) is 7.95. The van der Waals surface area contributed by atoms with Crippen LogP contribution < -0.4 is 5.46 Å². The molecule has 0 heterocycles. The van der Waals surface area contributed by atoms with Gasteiger partial charge in [-0.25, -0.2) is 4.39 Å². The van der Waals surface area contributed by atoms with Crippen molar-refractivity contribution < 1.29 is 14.4 Å². The molecule has 2 nitrogen and oxygen atoms in total. The van der Waals surface area contributed by atoms with E-state index >= 15 is 0 Å². The number of hydrogen-bond acceptors (Lipinski definition) is 2. The van der Waals surface area contributed by atoms with Crippen molar-refractivity contribution in [1.82, 2.24) is 0 Å². The van der Waals surface area contributed by atoms with Gasteiger partial charge in [0.1, 0.15) is 5.82 Å². The first-order valence-electron chi connectivity index (χ1n) is 8.32. The summed E-state index contributed by atoms with van der Waals surface area (Å²) in [6, 6.07) is 3.44. The van der Waals surface area contributed by atoms with Crippen LogP contribution in [0.25, 0.3) is 0 Å². The van der Waals surface area contributed by atoms with E-state index in [-0.39, 0.29) is 17.2 Å². The average molecular weight is 292 g/mol. The van der Waals surface area contributed by atoms with Crippen LogP contribution in [-0.2, 0) is 6.42 Å². The molecule has 2 N–H and O–H groups in total. The Kier molecular flexibility index (Phi) is 6.25. The Hall–Kier alpha value is -0.865. The summed E-state index contributed by atoms with van der Waals surface area (Å²) in [5.41, 5.74) is 1.85. The Morgan fingerprint density at radius 2 is 1.86 bits per heavy atom. The molecule has 1 aromatic rings. The number of benzene rings is 1. The van der Waals surface area contributed by atoms with E-state index in [9.17, 15) is 14.4 Å². The van der Waals surface area contributed by atoms with Crippen LogP contribution in [0.15, 0.2) is 12.1 Å². The molecule has 0 saturated heterocycles. The zero-order valence-corrected chi connectivity index (χ0v) is 12.9. The molecule has 0 aromatic heterocycles. The van der Waals surface area contributed by atoms with Crippen LogP contribution >= 0.6 is 0 Å². The van der Waals surface area contributed by atoms with Gasteiger partial charge in [-0.3, -0.25) is 0 Å². The minimum atomic E-state index is -1.72. The molecule has 1 fully saturated rings. The summed E-state index contributed by atoms with van der Waals surface area (Å²) in [6.07, 6.45) is 9.80. The summed E-state index contributed by atoms with van der Waals surface area (Å²) < 4.78 is 14.8. The molecule has 21 heavy (non-hydrogen) atoms. The van der Waals surface area contributed by atoms with Gasteiger partial charge in [0, 0.05) is 5.46 Å². The molecule has 1 aliphatic carbocycles. The van der Waals surface area contributed by atoms with Crippen molar-refractivity contribution in [3.05, 3.63) is 29.1 Å². The Balaban J connectivity index is 2.31. The molecule has 0 bridgehead atoms. The predicted octanol–water partition coefficient (Wildman–Crippen LogP) is 3.29. The molecule has 0 unspecified atom stereocenters. The van der Waals surface area contributed by atoms with Crippen LogP contribution in [0.2, 0.25) is 0 Å². The molecule has 1 aromatic carbocycles. The van der Waals surface area contributed by atoms with Gasteiger partial charge in [-0.05, 0) is 42.7 Å². The Bertz CT molecular complexity index is 456. The zero-order valence-electron chi connectivity index (χ0n) is 12.9. The topological polar surface area (TPSA) is 40.5 Å². The average Bonchev–Trinajstić information content (AvgIpc) is 2.48. The summed E-state index contributed by atoms with van der Waals surface area (Å²) in [4.78, 5) is 0. The summed E-state index contributed by atoms with van der Waals surface area (Å²) >= 11 is 0. The maximum Gasteiger partial charge on any atom is 0.491 e. The smallest absolute Gasteiger partial charge is 0.423 e. The molecule has 116 valence electrons. The van der Waals surface area contributed by atoms with Crippen molar-refractivity contribution in [1.29, 1.82) is 0 Å². The summed E-state index contributed by atoms with van der Waals surface area (Å²) in [6.45, 7) is 2.16. The molecule has 0 aliphatic heterocycles. The highest BCUT2D eigenvalue weighted by molar-refractivity contribution is 6.58. The molecule has 0 amide bonds. The number of unbranched alkanes of at least 4 members (excludes halogenated alkanes) is 2. The highest BCUT2D eigenvalue weighted by atomic mass is 19.1. The van der Waals surface area contributed by atoms with E-state index in [0.717, 1.165) is 62.5 Å². The molecular weight excluding hydrogens is 266 g/mol. The normalized spacial score (nSPS) is 16.2. The summed E-state index contributed by atoms with van der Waals surface area (Å²) in [5, 5.41) is 18.7. The van der Waals surface area contributed by atoms with E-state index in [1.807, 2.05) is 6.07 Å². The Morgan fingerprint density at radius 3 is 2.48 bits per heavy atom. The number of aryl methyl sites for hydroxylation is 1. The molecule has 2 rings (SSSR count). The van der Waals surface area contributed by atoms with Crippen molar-refractivity contribution in [2.75, 3.05) is 0 Å². The van der Waals surface area contributed by atoms with Gasteiger partial charge in [0.2, 0.25) is 0 Å². The van der Waals surface area contributed by atoms with Crippen molar-refractivity contribution >= 4 is 12.6 Å². The SMILES string of the molecule is CCCCCc1ccc(B(O)O)c(F)c1C1CCCCC1. The van der Waals surface area contributed by atoms with Crippen molar-refractivity contribution in [2.24, 2.45) is 0 Å². The van der Waals surface area contributed by atoms with Gasteiger partial charge in [0.15, 0.2) is 0 Å². The second-order valence-corrected chi connectivity index (χ2v) is 6.21. The molecule has 0 atom stereocenters. The third kappa shape index (κ3) is 4.07. The monoisotopic (exact) mass is 292 g/mol. The van der Waals surface area contributed by atoms with Gasteiger partial charge in [0.05, 0.1) is 0 Å². The van der Waals surface area contributed by atoms with E-state index in [0.29, 0.717) is 0 Å². The van der Waals surface area contributed by atoms with E-state index in [4.69, 9.17) is 0 Å². The minimum Gasteiger partial charge on any atom is -0.423 e. The third-order valence-corrected chi connectivity index (χ3v) is 4.64. The largest absolute Gasteiger partial charge is 0.491 e. The van der Waals surface area contributed by atoms with E-state index in [2.05, 4.69) is 6.92 Å². The molecular formula is C17H26BFO2. The number of rotatable bonds is 6. The Morgan fingerprint density at radius 1 is 1.14 bits per heavy atom. The lowest BCUT2D eigenvalue weighted by molar-refractivity contribution is 0.415. The molecule has 4 heteroatoms. The highest BCUT2D eigenvalue weighted by Crippen LogP contribution is 2.36. The second-order valence-electron chi connectivity index (χ2n) is 6.21. The van der Waals surface area contributed by atoms with Crippen LogP contribution in [0.4, 0.5) is 4.39 Å². The third-order valence-electron chi connectivity index (χ3n) is 4.64. The maximum absolute atomic E-state index is 14.8. The van der Waals surface area contributed by atoms with Gasteiger partial charge in [-0.1, -0.05) is 51.2 Å². The predicted molar refractivity (Wildman–Crippen MR) is 85.3 cm³/mol. The van der Waals surface area contributed by atoms with E-state index in [1.165, 1.54) is 12.5 Å². The standard InChI is InChI=1S/C17H26BFO2/c1-2-3-5-8-14-11-12-15(18(20)21)17(19)16(14)13-9-6-4-7-10-13/h11-13,20-21H,2-10H2,1H3. The van der Waals surface area contributed by atoms with Gasteiger partial charge >= 0.3 is 7.12 Å². The van der Waals surface area contributed by atoms with Crippen LogP contribution in [0.5, 0.6) is 0 Å². The van der Waals surface area contributed by atoms with E-state index < -0.39 is 7.12 Å². The van der Waals surface area contributed by atoms with Crippen molar-refractivity contribution in [2.45, 2.75) is 70.6 Å². The molecule has 0 spiro atoms. The summed E-state index contributed by atoms with van der Waals surface area (Å²) in [5.74, 6) is -0.139. The molecule has 0 radical (unpaired) electrons.